The van der Waals surface area contributed by atoms with E-state index in [1.165, 1.54) is 4.90 Å². The second-order valence-corrected chi connectivity index (χ2v) is 11.1. The predicted molar refractivity (Wildman–Crippen MR) is 129 cm³/mol. The number of amides is 2. The van der Waals surface area contributed by atoms with Crippen LogP contribution in [0.2, 0.25) is 0 Å². The number of nitrogens with one attached hydrogen (secondary N) is 2. The van der Waals surface area contributed by atoms with Crippen molar-refractivity contribution >= 4 is 23.8 Å². The number of ether oxygens (including phenoxy) is 1. The van der Waals surface area contributed by atoms with E-state index in [0.717, 1.165) is 49.9 Å². The molecule has 2 atom stereocenters. The van der Waals surface area contributed by atoms with E-state index in [1.54, 1.807) is 27.8 Å². The van der Waals surface area contributed by atoms with Gasteiger partial charge in [-0.3, -0.25) is 4.79 Å². The molecule has 0 spiro atoms. The Balaban J connectivity index is 1.62. The first-order chi connectivity index (χ1) is 15.3. The molecule has 1 aromatic rings. The summed E-state index contributed by atoms with van der Waals surface area (Å²) in [5, 5.41) is 6.64. The molecule has 1 heterocycles. The molecule has 2 aliphatic carbocycles. The fraction of sp³-hybridized carbons (Fsp3) is 0.750. The molecule has 33 heavy (non-hydrogen) atoms. The van der Waals surface area contributed by atoms with Crippen molar-refractivity contribution in [1.29, 1.82) is 0 Å². The van der Waals surface area contributed by atoms with E-state index < -0.39 is 11.7 Å². The highest BCUT2D eigenvalue weighted by molar-refractivity contribution is 5.82. The van der Waals surface area contributed by atoms with Crippen LogP contribution in [0.25, 0.3) is 0 Å². The Morgan fingerprint density at radius 3 is 2.48 bits per heavy atom. The lowest BCUT2D eigenvalue weighted by Gasteiger charge is -2.41. The topological polar surface area (TPSA) is 122 Å². The molecule has 2 saturated carbocycles. The van der Waals surface area contributed by atoms with E-state index in [1.807, 2.05) is 6.20 Å². The number of carbonyl (C=O) groups excluding carboxylic acids is 2. The van der Waals surface area contributed by atoms with E-state index in [4.69, 9.17) is 10.5 Å². The van der Waals surface area contributed by atoms with Gasteiger partial charge in [0.25, 0.3) is 0 Å². The maximum absolute atomic E-state index is 12.6. The van der Waals surface area contributed by atoms with Crippen LogP contribution in [0.5, 0.6) is 0 Å². The number of nitrogens with two attached hydrogens (primary N) is 1. The smallest absolute Gasteiger partial charge is 0.410 e. The van der Waals surface area contributed by atoms with Gasteiger partial charge in [-0.1, -0.05) is 20.3 Å². The summed E-state index contributed by atoms with van der Waals surface area (Å²) >= 11 is 0. The largest absolute Gasteiger partial charge is 0.444 e. The predicted octanol–water partition coefficient (Wildman–Crippen LogP) is 3.45. The van der Waals surface area contributed by atoms with Gasteiger partial charge in [-0.2, -0.15) is 4.98 Å². The third kappa shape index (κ3) is 6.95. The zero-order valence-electron chi connectivity index (χ0n) is 20.9. The third-order valence-corrected chi connectivity index (χ3v) is 6.57. The molecule has 0 saturated heterocycles. The van der Waals surface area contributed by atoms with Gasteiger partial charge in [0.2, 0.25) is 11.9 Å². The van der Waals surface area contributed by atoms with Crippen molar-refractivity contribution in [2.75, 3.05) is 24.6 Å². The molecule has 2 aliphatic rings. The Morgan fingerprint density at radius 1 is 1.15 bits per heavy atom. The summed E-state index contributed by atoms with van der Waals surface area (Å²) in [7, 11) is 1.58. The van der Waals surface area contributed by atoms with Crippen LogP contribution >= 0.6 is 0 Å². The van der Waals surface area contributed by atoms with Crippen LogP contribution in [-0.4, -0.2) is 58.1 Å². The third-order valence-electron chi connectivity index (χ3n) is 6.57. The molecule has 9 heteroatoms. The number of rotatable bonds is 7. The summed E-state index contributed by atoms with van der Waals surface area (Å²) < 4.78 is 5.33. The zero-order valence-corrected chi connectivity index (χ0v) is 20.9. The Bertz CT molecular complexity index is 862. The number of nitrogen functional groups attached to an aromatic ring is 1. The fourth-order valence-corrected chi connectivity index (χ4v) is 4.49. The molecule has 4 N–H and O–H groups in total. The van der Waals surface area contributed by atoms with E-state index >= 15 is 0 Å². The van der Waals surface area contributed by atoms with E-state index in [0.29, 0.717) is 12.0 Å². The van der Waals surface area contributed by atoms with Crippen molar-refractivity contribution in [1.82, 2.24) is 20.2 Å². The molecule has 0 aromatic carbocycles. The van der Waals surface area contributed by atoms with Crippen LogP contribution in [0.15, 0.2) is 6.20 Å². The van der Waals surface area contributed by atoms with E-state index in [-0.39, 0.29) is 29.9 Å². The lowest BCUT2D eigenvalue weighted by Crippen LogP contribution is -2.47. The van der Waals surface area contributed by atoms with Gasteiger partial charge in [0, 0.05) is 30.9 Å². The molecule has 0 bridgehead atoms. The molecule has 0 aliphatic heterocycles. The normalized spacial score (nSPS) is 21.3. The minimum absolute atomic E-state index is 0.0271. The Morgan fingerprint density at radius 2 is 1.85 bits per heavy atom. The highest BCUT2D eigenvalue weighted by Crippen LogP contribution is 2.43. The Kier molecular flexibility index (Phi) is 7.39. The summed E-state index contributed by atoms with van der Waals surface area (Å²) in [6.07, 6.45) is 7.55. The average Bonchev–Trinajstić information content (AvgIpc) is 3.50. The molecule has 3 rings (SSSR count). The maximum atomic E-state index is 12.6. The molecule has 2 fully saturated rings. The standard InChI is InChI=1S/C24H40N6O3/c1-23(2,3)33-22(32)30(6)14-19(31)27-17-9-7-8-15(12-17)24(4,5)18-13-26-21(25)29-20(18)28-16-10-11-16/h13,15-17H,7-12,14H2,1-6H3,(H,27,31)(H3,25,26,28,29)/t15-,17+/m1/s1. The van der Waals surface area contributed by atoms with E-state index in [9.17, 15) is 9.59 Å². The van der Waals surface area contributed by atoms with Crippen molar-refractivity contribution in [3.8, 4) is 0 Å². The number of aromatic nitrogens is 2. The minimum Gasteiger partial charge on any atom is -0.444 e. The number of likely N-dealkylation sites (N-methyl/N-ethyl adjacent to an activating group) is 1. The molecular formula is C24H40N6O3. The summed E-state index contributed by atoms with van der Waals surface area (Å²) in [5.41, 5.74) is 6.17. The molecular weight excluding hydrogens is 420 g/mol. The zero-order chi connectivity index (χ0) is 24.4. The van der Waals surface area contributed by atoms with Gasteiger partial charge in [0.1, 0.15) is 18.0 Å². The highest BCUT2D eigenvalue weighted by atomic mass is 16.6. The first-order valence-electron chi connectivity index (χ1n) is 12.0. The average molecular weight is 461 g/mol. The Hall–Kier alpha value is -2.58. The molecule has 0 unspecified atom stereocenters. The summed E-state index contributed by atoms with van der Waals surface area (Å²) in [6, 6.07) is 0.534. The van der Waals surface area contributed by atoms with Crippen LogP contribution in [-0.2, 0) is 14.9 Å². The van der Waals surface area contributed by atoms with Crippen molar-refractivity contribution in [3.63, 3.8) is 0 Å². The summed E-state index contributed by atoms with van der Waals surface area (Å²) in [5.74, 6) is 1.30. The lowest BCUT2D eigenvalue weighted by molar-refractivity contribution is -0.123. The number of carbonyl (C=O) groups is 2. The molecule has 184 valence electrons. The lowest BCUT2D eigenvalue weighted by atomic mass is 9.66. The summed E-state index contributed by atoms with van der Waals surface area (Å²) in [4.78, 5) is 34.9. The van der Waals surface area contributed by atoms with Crippen molar-refractivity contribution in [2.24, 2.45) is 5.92 Å². The van der Waals surface area contributed by atoms with Crippen LogP contribution < -0.4 is 16.4 Å². The van der Waals surface area contributed by atoms with Gasteiger partial charge in [-0.05, 0) is 64.2 Å². The second kappa shape index (κ2) is 9.73. The molecule has 0 radical (unpaired) electrons. The highest BCUT2D eigenvalue weighted by Gasteiger charge is 2.38. The van der Waals surface area contributed by atoms with Crippen LogP contribution in [0, 0.1) is 5.92 Å². The molecule has 1 aromatic heterocycles. The van der Waals surface area contributed by atoms with Crippen LogP contribution in [0.4, 0.5) is 16.6 Å². The number of anilines is 2. The van der Waals surface area contributed by atoms with Gasteiger partial charge >= 0.3 is 6.09 Å². The van der Waals surface area contributed by atoms with Crippen LogP contribution in [0.1, 0.15) is 78.7 Å². The van der Waals surface area contributed by atoms with Crippen molar-refractivity contribution in [3.05, 3.63) is 11.8 Å². The fourth-order valence-electron chi connectivity index (χ4n) is 4.49. The van der Waals surface area contributed by atoms with Crippen molar-refractivity contribution < 1.29 is 14.3 Å². The quantitative estimate of drug-likeness (QED) is 0.569. The van der Waals surface area contributed by atoms with Gasteiger partial charge in [0.15, 0.2) is 0 Å². The summed E-state index contributed by atoms with van der Waals surface area (Å²) in [6.45, 7) is 9.85. The second-order valence-electron chi connectivity index (χ2n) is 11.1. The minimum atomic E-state index is -0.594. The number of hydrogen-bond donors (Lipinski definition) is 3. The van der Waals surface area contributed by atoms with Gasteiger partial charge < -0.3 is 26.0 Å². The van der Waals surface area contributed by atoms with Crippen molar-refractivity contribution in [2.45, 2.75) is 96.2 Å². The van der Waals surface area contributed by atoms with Crippen LogP contribution in [0.3, 0.4) is 0 Å². The first kappa shape index (κ1) is 25.1. The first-order valence-corrected chi connectivity index (χ1v) is 12.0. The number of nitrogens with zero attached hydrogens (tertiary/aromatic N) is 3. The maximum Gasteiger partial charge on any atom is 0.410 e. The monoisotopic (exact) mass is 460 g/mol. The van der Waals surface area contributed by atoms with Gasteiger partial charge in [0.05, 0.1) is 0 Å². The molecule has 2 amide bonds. The molecule has 9 nitrogen and oxygen atoms in total. The Labute approximate surface area is 197 Å². The SMILES string of the molecule is CN(CC(=O)N[C@H]1CCC[C@@H](C(C)(C)c2cnc(N)nc2NC2CC2)C1)C(=O)OC(C)(C)C. The van der Waals surface area contributed by atoms with Gasteiger partial charge in [-0.25, -0.2) is 9.78 Å². The van der Waals surface area contributed by atoms with Gasteiger partial charge in [-0.15, -0.1) is 0 Å². The van der Waals surface area contributed by atoms with E-state index in [2.05, 4.69) is 34.4 Å². The number of hydrogen-bond acceptors (Lipinski definition) is 7.